The van der Waals surface area contributed by atoms with Gasteiger partial charge < -0.3 is 20.3 Å². The van der Waals surface area contributed by atoms with Crippen molar-refractivity contribution in [2.75, 3.05) is 18.3 Å². The Morgan fingerprint density at radius 3 is 2.84 bits per heavy atom. The number of para-hydroxylation sites is 2. The first kappa shape index (κ1) is 16.9. The number of thioether (sulfide) groups is 1. The molecule has 3 N–H and O–H groups in total. The number of carbonyl (C=O) groups excluding carboxylic acids is 1. The second kappa shape index (κ2) is 7.31. The number of nitrogens with two attached hydrogens (primary N) is 1. The molecule has 2 heterocycles. The summed E-state index contributed by atoms with van der Waals surface area (Å²) in [7, 11) is 1.55. The third kappa shape index (κ3) is 3.61. The highest BCUT2D eigenvalue weighted by atomic mass is 32.2. The summed E-state index contributed by atoms with van der Waals surface area (Å²) in [6.07, 6.45) is 1.53. The fraction of sp³-hybridized carbons (Fsp3) is 0.188. The van der Waals surface area contributed by atoms with Crippen molar-refractivity contribution in [1.29, 1.82) is 0 Å². The van der Waals surface area contributed by atoms with Crippen LogP contribution in [0.25, 0.3) is 11.6 Å². The topological polar surface area (TPSA) is 108 Å². The Balaban J connectivity index is 1.70. The lowest BCUT2D eigenvalue weighted by Crippen LogP contribution is -2.24. The first-order valence-corrected chi connectivity index (χ1v) is 8.33. The average molecular weight is 359 g/mol. The van der Waals surface area contributed by atoms with Crippen molar-refractivity contribution in [3.05, 3.63) is 42.7 Å². The molecular formula is C16H17N5O3S. The summed E-state index contributed by atoms with van der Waals surface area (Å²) in [5, 5.41) is 10.8. The van der Waals surface area contributed by atoms with Gasteiger partial charge in [-0.3, -0.25) is 4.79 Å². The molecule has 0 saturated carbocycles. The number of methoxy groups -OCH3 is 1. The molecule has 1 atom stereocenters. The highest BCUT2D eigenvalue weighted by Gasteiger charge is 2.21. The van der Waals surface area contributed by atoms with Gasteiger partial charge in [0.15, 0.2) is 5.76 Å². The molecule has 0 aliphatic rings. The van der Waals surface area contributed by atoms with Gasteiger partial charge in [-0.25, -0.2) is 4.68 Å². The van der Waals surface area contributed by atoms with Crippen LogP contribution in [0.5, 0.6) is 5.75 Å². The Morgan fingerprint density at radius 2 is 2.12 bits per heavy atom. The molecule has 0 spiro atoms. The molecule has 1 aromatic carbocycles. The van der Waals surface area contributed by atoms with E-state index in [1.54, 1.807) is 38.3 Å². The van der Waals surface area contributed by atoms with Crippen LogP contribution < -0.4 is 15.9 Å². The van der Waals surface area contributed by atoms with Crippen molar-refractivity contribution in [1.82, 2.24) is 14.9 Å². The van der Waals surface area contributed by atoms with Crippen LogP contribution in [-0.2, 0) is 4.79 Å². The van der Waals surface area contributed by atoms with Crippen LogP contribution in [0.15, 0.2) is 52.2 Å². The SMILES string of the molecule is COc1ccccc1NC(=O)[C@H](C)Sc1nnc(-c2ccco2)n1N. The second-order valence-corrected chi connectivity index (χ2v) is 6.41. The summed E-state index contributed by atoms with van der Waals surface area (Å²) in [6.45, 7) is 1.76. The molecule has 1 amide bonds. The molecule has 130 valence electrons. The smallest absolute Gasteiger partial charge is 0.237 e. The van der Waals surface area contributed by atoms with Crippen molar-refractivity contribution < 1.29 is 13.9 Å². The zero-order chi connectivity index (χ0) is 17.8. The summed E-state index contributed by atoms with van der Waals surface area (Å²) in [5.41, 5.74) is 0.605. The molecule has 8 nitrogen and oxygen atoms in total. The predicted molar refractivity (Wildman–Crippen MR) is 94.8 cm³/mol. The van der Waals surface area contributed by atoms with Crippen LogP contribution in [0.3, 0.4) is 0 Å². The molecule has 0 unspecified atom stereocenters. The van der Waals surface area contributed by atoms with Gasteiger partial charge in [-0.15, -0.1) is 10.2 Å². The number of nitrogens with zero attached hydrogens (tertiary/aromatic N) is 3. The Kier molecular flexibility index (Phi) is 4.94. The van der Waals surface area contributed by atoms with Crippen LogP contribution in [0.4, 0.5) is 5.69 Å². The van der Waals surface area contributed by atoms with Crippen molar-refractivity contribution >= 4 is 23.4 Å². The van der Waals surface area contributed by atoms with E-state index in [2.05, 4.69) is 15.5 Å². The number of anilines is 1. The van der Waals surface area contributed by atoms with E-state index in [1.165, 1.54) is 22.7 Å². The predicted octanol–water partition coefficient (Wildman–Crippen LogP) is 2.38. The maximum absolute atomic E-state index is 12.4. The molecule has 0 aliphatic carbocycles. The zero-order valence-electron chi connectivity index (χ0n) is 13.7. The van der Waals surface area contributed by atoms with E-state index < -0.39 is 5.25 Å². The number of aromatic nitrogens is 3. The molecule has 25 heavy (non-hydrogen) atoms. The number of carbonyl (C=O) groups is 1. The minimum atomic E-state index is -0.444. The van der Waals surface area contributed by atoms with E-state index in [1.807, 2.05) is 12.1 Å². The summed E-state index contributed by atoms with van der Waals surface area (Å²) in [5.74, 6) is 7.30. The maximum Gasteiger partial charge on any atom is 0.237 e. The number of hydrogen-bond acceptors (Lipinski definition) is 7. The molecule has 9 heteroatoms. The first-order valence-electron chi connectivity index (χ1n) is 7.45. The molecule has 3 aromatic rings. The van der Waals surface area contributed by atoms with Gasteiger partial charge in [0, 0.05) is 0 Å². The van der Waals surface area contributed by atoms with Crippen molar-refractivity contribution in [3.63, 3.8) is 0 Å². The number of amides is 1. The number of hydrogen-bond donors (Lipinski definition) is 2. The molecule has 0 saturated heterocycles. The van der Waals surface area contributed by atoms with Gasteiger partial charge in [-0.1, -0.05) is 23.9 Å². The largest absolute Gasteiger partial charge is 0.495 e. The van der Waals surface area contributed by atoms with Gasteiger partial charge in [-0.05, 0) is 31.2 Å². The monoisotopic (exact) mass is 359 g/mol. The molecule has 0 radical (unpaired) electrons. The minimum Gasteiger partial charge on any atom is -0.495 e. The Bertz CT molecular complexity index is 863. The molecule has 3 rings (SSSR count). The van der Waals surface area contributed by atoms with Crippen LogP contribution in [0.2, 0.25) is 0 Å². The van der Waals surface area contributed by atoms with E-state index in [0.717, 1.165) is 0 Å². The zero-order valence-corrected chi connectivity index (χ0v) is 14.5. The van der Waals surface area contributed by atoms with Gasteiger partial charge in [0.1, 0.15) is 5.75 Å². The first-order chi connectivity index (χ1) is 12.1. The number of nitrogens with one attached hydrogen (secondary N) is 1. The summed E-state index contributed by atoms with van der Waals surface area (Å²) in [4.78, 5) is 12.4. The van der Waals surface area contributed by atoms with E-state index >= 15 is 0 Å². The summed E-state index contributed by atoms with van der Waals surface area (Å²) in [6, 6.07) is 10.7. The number of furan rings is 1. The van der Waals surface area contributed by atoms with Gasteiger partial charge >= 0.3 is 0 Å². The second-order valence-electron chi connectivity index (χ2n) is 5.10. The Hall–Kier alpha value is -2.94. The number of benzene rings is 1. The number of ether oxygens (including phenoxy) is 1. The fourth-order valence-corrected chi connectivity index (χ4v) is 2.90. The standard InChI is InChI=1S/C16H17N5O3S/c1-10(15(22)18-11-6-3-4-7-12(11)23-2)25-16-20-19-14(21(16)17)13-8-5-9-24-13/h3-10H,17H2,1-2H3,(H,18,22)/t10-/m0/s1. The maximum atomic E-state index is 12.4. The summed E-state index contributed by atoms with van der Waals surface area (Å²) >= 11 is 1.20. The lowest BCUT2D eigenvalue weighted by Gasteiger charge is -2.13. The number of nitrogen functional groups attached to an aromatic ring is 1. The number of rotatable bonds is 6. The van der Waals surface area contributed by atoms with Gasteiger partial charge in [-0.2, -0.15) is 0 Å². The quantitative estimate of drug-likeness (QED) is 0.514. The third-order valence-corrected chi connectivity index (χ3v) is 4.48. The van der Waals surface area contributed by atoms with Crippen LogP contribution in [0.1, 0.15) is 6.92 Å². The van der Waals surface area contributed by atoms with E-state index in [4.69, 9.17) is 15.0 Å². The lowest BCUT2D eigenvalue weighted by atomic mass is 10.3. The molecule has 0 bridgehead atoms. The van der Waals surface area contributed by atoms with Gasteiger partial charge in [0.2, 0.25) is 16.9 Å². The van der Waals surface area contributed by atoms with Crippen LogP contribution in [0, 0.1) is 0 Å². The highest BCUT2D eigenvalue weighted by Crippen LogP contribution is 2.27. The van der Waals surface area contributed by atoms with Crippen molar-refractivity contribution in [2.45, 2.75) is 17.3 Å². The molecule has 2 aromatic heterocycles. The molecule has 0 aliphatic heterocycles. The van der Waals surface area contributed by atoms with Gasteiger partial charge in [0.25, 0.3) is 0 Å². The van der Waals surface area contributed by atoms with Crippen LogP contribution >= 0.6 is 11.8 Å². The van der Waals surface area contributed by atoms with Crippen molar-refractivity contribution in [2.24, 2.45) is 0 Å². The van der Waals surface area contributed by atoms with Gasteiger partial charge in [0.05, 0.1) is 24.3 Å². The van der Waals surface area contributed by atoms with E-state index in [-0.39, 0.29) is 5.91 Å². The minimum absolute atomic E-state index is 0.197. The average Bonchev–Trinajstić information content (AvgIpc) is 3.26. The third-order valence-electron chi connectivity index (χ3n) is 3.42. The Morgan fingerprint density at radius 1 is 1.32 bits per heavy atom. The van der Waals surface area contributed by atoms with Crippen LogP contribution in [-0.4, -0.2) is 33.1 Å². The Labute approximate surface area is 148 Å². The normalized spacial score (nSPS) is 11.9. The molecular weight excluding hydrogens is 342 g/mol. The fourth-order valence-electron chi connectivity index (χ4n) is 2.13. The van der Waals surface area contributed by atoms with E-state index in [0.29, 0.717) is 28.2 Å². The van der Waals surface area contributed by atoms with E-state index in [9.17, 15) is 4.79 Å². The summed E-state index contributed by atoms with van der Waals surface area (Å²) < 4.78 is 11.8. The molecule has 0 fully saturated rings. The highest BCUT2D eigenvalue weighted by molar-refractivity contribution is 8.00. The lowest BCUT2D eigenvalue weighted by molar-refractivity contribution is -0.115. The van der Waals surface area contributed by atoms with Crippen molar-refractivity contribution in [3.8, 4) is 17.3 Å².